The van der Waals surface area contributed by atoms with Crippen molar-refractivity contribution in [1.82, 2.24) is 0 Å². The van der Waals surface area contributed by atoms with E-state index in [0.717, 1.165) is 11.3 Å². The second kappa shape index (κ2) is 4.33. The molecule has 0 aliphatic rings. The average Bonchev–Trinajstić information content (AvgIpc) is 2.04. The lowest BCUT2D eigenvalue weighted by molar-refractivity contribution is -0.115. The largest absolute Gasteiger partial charge is 0.325 e. The molecule has 0 radical (unpaired) electrons. The molecule has 0 spiro atoms. The standard InChI is InChI=1S/C10H13NOS/c1-7-4-3-5-9(6-7)11-10(12)8(2)13/h3-6,8,13H,1-2H3,(H,11,12). The highest BCUT2D eigenvalue weighted by molar-refractivity contribution is 7.81. The Labute approximate surface area is 83.8 Å². The van der Waals surface area contributed by atoms with Crippen LogP contribution in [0.5, 0.6) is 0 Å². The molecule has 0 saturated carbocycles. The van der Waals surface area contributed by atoms with Gasteiger partial charge in [0.2, 0.25) is 5.91 Å². The molecular formula is C10H13NOS. The van der Waals surface area contributed by atoms with Crippen LogP contribution in [0.25, 0.3) is 0 Å². The Morgan fingerprint density at radius 3 is 2.77 bits per heavy atom. The number of hydrogen-bond acceptors (Lipinski definition) is 2. The smallest absolute Gasteiger partial charge is 0.236 e. The Morgan fingerprint density at radius 2 is 2.23 bits per heavy atom. The SMILES string of the molecule is Cc1cccc(NC(=O)C(C)S)c1. The molecule has 1 aromatic rings. The molecule has 1 unspecified atom stereocenters. The number of amides is 1. The summed E-state index contributed by atoms with van der Waals surface area (Å²) in [5.41, 5.74) is 1.95. The molecule has 0 fully saturated rings. The lowest BCUT2D eigenvalue weighted by atomic mass is 10.2. The van der Waals surface area contributed by atoms with Gasteiger partial charge < -0.3 is 5.32 Å². The van der Waals surface area contributed by atoms with Crippen molar-refractivity contribution in [3.63, 3.8) is 0 Å². The van der Waals surface area contributed by atoms with Crippen molar-refractivity contribution in [3.05, 3.63) is 29.8 Å². The van der Waals surface area contributed by atoms with Crippen LogP contribution in [0.2, 0.25) is 0 Å². The summed E-state index contributed by atoms with van der Waals surface area (Å²) in [7, 11) is 0. The van der Waals surface area contributed by atoms with E-state index in [0.29, 0.717) is 0 Å². The van der Waals surface area contributed by atoms with Crippen molar-refractivity contribution < 1.29 is 4.79 Å². The molecule has 1 aromatic carbocycles. The van der Waals surface area contributed by atoms with Crippen LogP contribution in [0.3, 0.4) is 0 Å². The Hall–Kier alpha value is -0.960. The van der Waals surface area contributed by atoms with E-state index in [9.17, 15) is 4.79 Å². The molecule has 1 rings (SSSR count). The van der Waals surface area contributed by atoms with Gasteiger partial charge in [-0.15, -0.1) is 0 Å². The number of nitrogens with one attached hydrogen (secondary N) is 1. The molecule has 70 valence electrons. The van der Waals surface area contributed by atoms with Gasteiger partial charge >= 0.3 is 0 Å². The number of aryl methyl sites for hydroxylation is 1. The van der Waals surface area contributed by atoms with E-state index < -0.39 is 0 Å². The van der Waals surface area contributed by atoms with Gasteiger partial charge in [0.25, 0.3) is 0 Å². The number of benzene rings is 1. The third kappa shape index (κ3) is 3.11. The quantitative estimate of drug-likeness (QED) is 0.696. The summed E-state index contributed by atoms with van der Waals surface area (Å²) in [4.78, 5) is 11.2. The fourth-order valence-electron chi connectivity index (χ4n) is 0.970. The molecule has 0 saturated heterocycles. The molecule has 2 nitrogen and oxygen atoms in total. The van der Waals surface area contributed by atoms with E-state index in [-0.39, 0.29) is 11.2 Å². The topological polar surface area (TPSA) is 29.1 Å². The monoisotopic (exact) mass is 195 g/mol. The molecule has 13 heavy (non-hydrogen) atoms. The summed E-state index contributed by atoms with van der Waals surface area (Å²) in [6.07, 6.45) is 0. The molecule has 0 aliphatic carbocycles. The molecule has 0 bridgehead atoms. The van der Waals surface area contributed by atoms with Gasteiger partial charge in [0.15, 0.2) is 0 Å². The molecule has 0 heterocycles. The van der Waals surface area contributed by atoms with Crippen LogP contribution < -0.4 is 5.32 Å². The number of rotatable bonds is 2. The molecule has 1 N–H and O–H groups in total. The molecular weight excluding hydrogens is 182 g/mol. The first-order valence-electron chi connectivity index (χ1n) is 4.15. The predicted molar refractivity (Wildman–Crippen MR) is 58.3 cm³/mol. The summed E-state index contributed by atoms with van der Waals surface area (Å²) in [5, 5.41) is 2.49. The third-order valence-corrected chi connectivity index (χ3v) is 1.90. The van der Waals surface area contributed by atoms with Crippen molar-refractivity contribution >= 4 is 24.2 Å². The molecule has 1 amide bonds. The van der Waals surface area contributed by atoms with Crippen LogP contribution in [0.15, 0.2) is 24.3 Å². The Balaban J connectivity index is 2.69. The van der Waals surface area contributed by atoms with Gasteiger partial charge in [-0.25, -0.2) is 0 Å². The summed E-state index contributed by atoms with van der Waals surface area (Å²) >= 11 is 4.04. The van der Waals surface area contributed by atoms with E-state index in [1.165, 1.54) is 0 Å². The molecule has 1 atom stereocenters. The lowest BCUT2D eigenvalue weighted by Gasteiger charge is -2.07. The van der Waals surface area contributed by atoms with Gasteiger partial charge in [0.1, 0.15) is 0 Å². The Bertz CT molecular complexity index is 310. The number of carbonyl (C=O) groups is 1. The Kier molecular flexibility index (Phi) is 3.37. The molecule has 0 aromatic heterocycles. The minimum Gasteiger partial charge on any atom is -0.325 e. The van der Waals surface area contributed by atoms with Crippen LogP contribution >= 0.6 is 12.6 Å². The minimum atomic E-state index is -0.277. The van der Waals surface area contributed by atoms with Crippen molar-refractivity contribution in [2.24, 2.45) is 0 Å². The fourth-order valence-corrected chi connectivity index (χ4v) is 1.03. The second-order valence-corrected chi connectivity index (χ2v) is 3.81. The number of carbonyl (C=O) groups excluding carboxylic acids is 1. The molecule has 3 heteroatoms. The normalized spacial score (nSPS) is 12.2. The van der Waals surface area contributed by atoms with E-state index in [1.54, 1.807) is 6.92 Å². The van der Waals surface area contributed by atoms with Crippen LogP contribution in [-0.2, 0) is 4.79 Å². The summed E-state index contributed by atoms with van der Waals surface area (Å²) < 4.78 is 0. The van der Waals surface area contributed by atoms with Crippen molar-refractivity contribution in [3.8, 4) is 0 Å². The maximum Gasteiger partial charge on any atom is 0.236 e. The van der Waals surface area contributed by atoms with Crippen LogP contribution in [0.1, 0.15) is 12.5 Å². The second-order valence-electron chi connectivity index (χ2n) is 3.03. The van der Waals surface area contributed by atoms with Crippen molar-refractivity contribution in [2.75, 3.05) is 5.32 Å². The number of hydrogen-bond donors (Lipinski definition) is 2. The van der Waals surface area contributed by atoms with Gasteiger partial charge in [0, 0.05) is 5.69 Å². The third-order valence-electron chi connectivity index (χ3n) is 1.67. The zero-order valence-corrected chi connectivity index (χ0v) is 8.64. The lowest BCUT2D eigenvalue weighted by Crippen LogP contribution is -2.20. The van der Waals surface area contributed by atoms with E-state index in [2.05, 4.69) is 17.9 Å². The number of anilines is 1. The van der Waals surface area contributed by atoms with E-state index in [4.69, 9.17) is 0 Å². The summed E-state index contributed by atoms with van der Waals surface area (Å²) in [6.45, 7) is 3.73. The summed E-state index contributed by atoms with van der Waals surface area (Å²) in [6, 6.07) is 7.68. The molecule has 0 aliphatic heterocycles. The Morgan fingerprint density at radius 1 is 1.54 bits per heavy atom. The van der Waals surface area contributed by atoms with Crippen LogP contribution in [0, 0.1) is 6.92 Å². The van der Waals surface area contributed by atoms with E-state index >= 15 is 0 Å². The summed E-state index contributed by atoms with van der Waals surface area (Å²) in [5.74, 6) is -0.0751. The highest BCUT2D eigenvalue weighted by atomic mass is 32.1. The highest BCUT2D eigenvalue weighted by Gasteiger charge is 2.06. The van der Waals surface area contributed by atoms with E-state index in [1.807, 2.05) is 31.2 Å². The average molecular weight is 195 g/mol. The first-order chi connectivity index (χ1) is 6.09. The van der Waals surface area contributed by atoms with Crippen LogP contribution in [-0.4, -0.2) is 11.2 Å². The zero-order valence-electron chi connectivity index (χ0n) is 7.74. The van der Waals surface area contributed by atoms with Crippen molar-refractivity contribution in [2.45, 2.75) is 19.1 Å². The van der Waals surface area contributed by atoms with Gasteiger partial charge in [-0.3, -0.25) is 4.79 Å². The van der Waals surface area contributed by atoms with Gasteiger partial charge in [-0.2, -0.15) is 12.6 Å². The minimum absolute atomic E-state index is 0.0751. The fraction of sp³-hybridized carbons (Fsp3) is 0.300. The van der Waals surface area contributed by atoms with Gasteiger partial charge in [-0.1, -0.05) is 12.1 Å². The van der Waals surface area contributed by atoms with Crippen LogP contribution in [0.4, 0.5) is 5.69 Å². The first-order valence-corrected chi connectivity index (χ1v) is 4.67. The van der Waals surface area contributed by atoms with Gasteiger partial charge in [0.05, 0.1) is 5.25 Å². The maximum absolute atomic E-state index is 11.2. The predicted octanol–water partition coefficient (Wildman–Crippen LogP) is 2.25. The number of thiol groups is 1. The highest BCUT2D eigenvalue weighted by Crippen LogP contribution is 2.10. The zero-order chi connectivity index (χ0) is 9.84. The maximum atomic E-state index is 11.2. The van der Waals surface area contributed by atoms with Crippen molar-refractivity contribution in [1.29, 1.82) is 0 Å². The van der Waals surface area contributed by atoms with Gasteiger partial charge in [-0.05, 0) is 31.5 Å². The first kappa shape index (κ1) is 10.1.